The quantitative estimate of drug-likeness (QED) is 0.671. The van der Waals surface area contributed by atoms with Crippen LogP contribution >= 0.6 is 11.6 Å². The van der Waals surface area contributed by atoms with Gasteiger partial charge in [0.25, 0.3) is 0 Å². The Labute approximate surface area is 94.8 Å². The Hall–Kier alpha value is -1.02. The molecule has 3 heteroatoms. The maximum atomic E-state index is 11.9. The van der Waals surface area contributed by atoms with Crippen LogP contribution in [-0.4, -0.2) is 17.3 Å². The van der Waals surface area contributed by atoms with Gasteiger partial charge in [0.05, 0.1) is 0 Å². The van der Waals surface area contributed by atoms with E-state index >= 15 is 0 Å². The third-order valence-electron chi connectivity index (χ3n) is 2.78. The number of hydrogen-bond donors (Lipinski definition) is 0. The number of hydrogen-bond acceptors (Lipinski definition) is 1. The van der Waals surface area contributed by atoms with Crippen molar-refractivity contribution in [2.24, 2.45) is 0 Å². The number of halogens is 1. The van der Waals surface area contributed by atoms with E-state index in [-0.39, 0.29) is 11.9 Å². The van der Waals surface area contributed by atoms with Crippen LogP contribution in [0, 0.1) is 0 Å². The average Bonchev–Trinajstić information content (AvgIpc) is 2.52. The van der Waals surface area contributed by atoms with Crippen LogP contribution in [0.3, 0.4) is 0 Å². The summed E-state index contributed by atoms with van der Waals surface area (Å²) in [7, 11) is 0. The largest absolute Gasteiger partial charge is 0.308 e. The molecule has 2 nitrogen and oxygen atoms in total. The van der Waals surface area contributed by atoms with Crippen LogP contribution in [0.2, 0.25) is 0 Å². The fraction of sp³-hybridized carbons (Fsp3) is 0.417. The lowest BCUT2D eigenvalue weighted by molar-refractivity contribution is -0.118. The minimum absolute atomic E-state index is 0.00545. The molecule has 0 saturated heterocycles. The molecule has 0 aliphatic carbocycles. The first-order valence-corrected chi connectivity index (χ1v) is 5.60. The van der Waals surface area contributed by atoms with Crippen molar-refractivity contribution in [2.75, 3.05) is 4.90 Å². The molecule has 1 amide bonds. The second kappa shape index (κ2) is 3.86. The highest BCUT2D eigenvalue weighted by Crippen LogP contribution is 2.32. The molecule has 0 aromatic heterocycles. The van der Waals surface area contributed by atoms with Gasteiger partial charge in [-0.05, 0) is 31.9 Å². The van der Waals surface area contributed by atoms with Crippen LogP contribution in [0.25, 0.3) is 0 Å². The standard InChI is InChI=1S/C12H14ClNO/c1-8-7-10-5-3-4-6-11(10)14(8)12(15)9(2)13/h3-6,8-9H,7H2,1-2H3. The second-order valence-electron chi connectivity index (χ2n) is 4.01. The Bertz CT molecular complexity index is 389. The highest BCUT2D eigenvalue weighted by atomic mass is 35.5. The Morgan fingerprint density at radius 3 is 2.87 bits per heavy atom. The molecule has 2 unspecified atom stereocenters. The van der Waals surface area contributed by atoms with Crippen LogP contribution in [0.15, 0.2) is 24.3 Å². The van der Waals surface area contributed by atoms with Gasteiger partial charge in [-0.1, -0.05) is 18.2 Å². The molecule has 1 heterocycles. The van der Waals surface area contributed by atoms with Gasteiger partial charge in [0.1, 0.15) is 5.38 Å². The molecule has 1 aromatic carbocycles. The molecule has 1 aliphatic rings. The normalized spacial score (nSPS) is 21.3. The summed E-state index contributed by atoms with van der Waals surface area (Å²) < 4.78 is 0. The van der Waals surface area contributed by atoms with Gasteiger partial charge in [-0.15, -0.1) is 11.6 Å². The van der Waals surface area contributed by atoms with Crippen molar-refractivity contribution in [3.05, 3.63) is 29.8 Å². The number of amides is 1. The SMILES string of the molecule is CC(Cl)C(=O)N1c2ccccc2CC1C. The molecule has 1 aromatic rings. The van der Waals surface area contributed by atoms with Crippen molar-refractivity contribution >= 4 is 23.2 Å². The Morgan fingerprint density at radius 1 is 1.53 bits per heavy atom. The molecule has 0 spiro atoms. The molecule has 2 atom stereocenters. The minimum atomic E-state index is -0.460. The Balaban J connectivity index is 2.38. The van der Waals surface area contributed by atoms with Gasteiger partial charge in [0.2, 0.25) is 5.91 Å². The van der Waals surface area contributed by atoms with Crippen molar-refractivity contribution in [1.29, 1.82) is 0 Å². The van der Waals surface area contributed by atoms with Crippen molar-refractivity contribution in [1.82, 2.24) is 0 Å². The maximum absolute atomic E-state index is 11.9. The Kier molecular flexibility index (Phi) is 2.70. The first kappa shape index (κ1) is 10.5. The zero-order valence-corrected chi connectivity index (χ0v) is 9.66. The van der Waals surface area contributed by atoms with E-state index in [4.69, 9.17) is 11.6 Å². The number of carbonyl (C=O) groups excluding carboxylic acids is 1. The van der Waals surface area contributed by atoms with Crippen LogP contribution in [0.1, 0.15) is 19.4 Å². The molecule has 80 valence electrons. The molecule has 0 N–H and O–H groups in total. The van der Waals surface area contributed by atoms with Gasteiger partial charge in [-0.25, -0.2) is 0 Å². The summed E-state index contributed by atoms with van der Waals surface area (Å²) in [4.78, 5) is 13.7. The number of carbonyl (C=O) groups is 1. The molecular weight excluding hydrogens is 210 g/mol. The number of alkyl halides is 1. The summed E-state index contributed by atoms with van der Waals surface area (Å²) in [5.41, 5.74) is 2.25. The number of anilines is 1. The molecule has 0 saturated carbocycles. The maximum Gasteiger partial charge on any atom is 0.245 e. The summed E-state index contributed by atoms with van der Waals surface area (Å²) in [6.45, 7) is 3.77. The highest BCUT2D eigenvalue weighted by Gasteiger charge is 2.32. The van der Waals surface area contributed by atoms with E-state index < -0.39 is 5.38 Å². The number of fused-ring (bicyclic) bond motifs is 1. The summed E-state index contributed by atoms with van der Waals surface area (Å²) >= 11 is 5.85. The number of benzene rings is 1. The number of para-hydroxylation sites is 1. The molecule has 0 fully saturated rings. The molecule has 0 bridgehead atoms. The smallest absolute Gasteiger partial charge is 0.245 e. The van der Waals surface area contributed by atoms with E-state index in [0.717, 1.165) is 12.1 Å². The average molecular weight is 224 g/mol. The molecular formula is C12H14ClNO. The fourth-order valence-electron chi connectivity index (χ4n) is 2.09. The lowest BCUT2D eigenvalue weighted by Crippen LogP contribution is -2.39. The Morgan fingerprint density at radius 2 is 2.20 bits per heavy atom. The van der Waals surface area contributed by atoms with E-state index in [9.17, 15) is 4.79 Å². The van der Waals surface area contributed by atoms with E-state index in [1.807, 2.05) is 23.1 Å². The number of rotatable bonds is 1. The lowest BCUT2D eigenvalue weighted by Gasteiger charge is -2.23. The predicted molar refractivity (Wildman–Crippen MR) is 62.4 cm³/mol. The van der Waals surface area contributed by atoms with Crippen molar-refractivity contribution in [3.63, 3.8) is 0 Å². The molecule has 15 heavy (non-hydrogen) atoms. The van der Waals surface area contributed by atoms with Crippen molar-refractivity contribution < 1.29 is 4.79 Å². The van der Waals surface area contributed by atoms with Gasteiger partial charge in [0.15, 0.2) is 0 Å². The zero-order valence-electron chi connectivity index (χ0n) is 8.90. The third kappa shape index (κ3) is 1.74. The zero-order chi connectivity index (χ0) is 11.0. The van der Waals surface area contributed by atoms with E-state index in [0.29, 0.717) is 0 Å². The fourth-order valence-corrected chi connectivity index (χ4v) is 2.20. The topological polar surface area (TPSA) is 20.3 Å². The van der Waals surface area contributed by atoms with Gasteiger partial charge in [-0.3, -0.25) is 4.79 Å². The van der Waals surface area contributed by atoms with Gasteiger partial charge < -0.3 is 4.90 Å². The molecule has 0 radical (unpaired) electrons. The van der Waals surface area contributed by atoms with Gasteiger partial charge >= 0.3 is 0 Å². The molecule has 2 rings (SSSR count). The minimum Gasteiger partial charge on any atom is -0.308 e. The first-order chi connectivity index (χ1) is 7.11. The van der Waals surface area contributed by atoms with Crippen LogP contribution in [0.5, 0.6) is 0 Å². The monoisotopic (exact) mass is 223 g/mol. The molecule has 1 aliphatic heterocycles. The van der Waals surface area contributed by atoms with E-state index in [1.165, 1.54) is 5.56 Å². The summed E-state index contributed by atoms with van der Waals surface area (Å²) in [5, 5.41) is -0.460. The number of nitrogens with zero attached hydrogens (tertiary/aromatic N) is 1. The van der Waals surface area contributed by atoms with Gasteiger partial charge in [0, 0.05) is 11.7 Å². The van der Waals surface area contributed by atoms with Crippen molar-refractivity contribution in [3.8, 4) is 0 Å². The van der Waals surface area contributed by atoms with Crippen LogP contribution < -0.4 is 4.90 Å². The van der Waals surface area contributed by atoms with E-state index in [1.54, 1.807) is 6.92 Å². The summed E-state index contributed by atoms with van der Waals surface area (Å²) in [6.07, 6.45) is 0.922. The summed E-state index contributed by atoms with van der Waals surface area (Å²) in [6, 6.07) is 8.23. The first-order valence-electron chi connectivity index (χ1n) is 5.16. The van der Waals surface area contributed by atoms with Crippen LogP contribution in [0.4, 0.5) is 5.69 Å². The predicted octanol–water partition coefficient (Wildman–Crippen LogP) is 2.59. The summed E-state index contributed by atoms with van der Waals surface area (Å²) in [5.74, 6) is -0.00545. The van der Waals surface area contributed by atoms with Crippen LogP contribution in [-0.2, 0) is 11.2 Å². The highest BCUT2D eigenvalue weighted by molar-refractivity contribution is 6.32. The van der Waals surface area contributed by atoms with Gasteiger partial charge in [-0.2, -0.15) is 0 Å². The second-order valence-corrected chi connectivity index (χ2v) is 4.66. The lowest BCUT2D eigenvalue weighted by atomic mass is 10.1. The third-order valence-corrected chi connectivity index (χ3v) is 2.97. The van der Waals surface area contributed by atoms with Crippen molar-refractivity contribution in [2.45, 2.75) is 31.7 Å². The van der Waals surface area contributed by atoms with E-state index in [2.05, 4.69) is 13.0 Å².